The van der Waals surface area contributed by atoms with Crippen LogP contribution in [-0.4, -0.2) is 42.1 Å². The van der Waals surface area contributed by atoms with Crippen LogP contribution in [0.15, 0.2) is 0 Å². The Labute approximate surface area is 115 Å². The van der Waals surface area contributed by atoms with Gasteiger partial charge >= 0.3 is 5.97 Å². The minimum Gasteiger partial charge on any atom is -0.481 e. The molecular formula is C13H23NO4S. The summed E-state index contributed by atoms with van der Waals surface area (Å²) in [5, 5.41) is 8.60. The van der Waals surface area contributed by atoms with Gasteiger partial charge in [0.25, 0.3) is 0 Å². The number of hydrogen-bond acceptors (Lipinski definition) is 3. The molecule has 0 amide bonds. The van der Waals surface area contributed by atoms with Gasteiger partial charge in [-0.15, -0.1) is 0 Å². The zero-order chi connectivity index (χ0) is 13.9. The lowest BCUT2D eigenvalue weighted by Gasteiger charge is -2.43. The lowest BCUT2D eigenvalue weighted by Crippen LogP contribution is -2.50. The van der Waals surface area contributed by atoms with Crippen LogP contribution in [0.4, 0.5) is 0 Å². The zero-order valence-corrected chi connectivity index (χ0v) is 12.1. The van der Waals surface area contributed by atoms with Gasteiger partial charge in [-0.05, 0) is 38.0 Å². The van der Waals surface area contributed by atoms with E-state index in [1.54, 1.807) is 4.31 Å². The molecule has 2 rings (SSSR count). The predicted molar refractivity (Wildman–Crippen MR) is 72.3 cm³/mol. The molecule has 1 aliphatic carbocycles. The van der Waals surface area contributed by atoms with Crippen LogP contribution in [0.25, 0.3) is 0 Å². The average Bonchev–Trinajstić information content (AvgIpc) is 2.37. The van der Waals surface area contributed by atoms with Gasteiger partial charge in [0.1, 0.15) is 0 Å². The summed E-state index contributed by atoms with van der Waals surface area (Å²) in [6, 6.07) is 0.178. The van der Waals surface area contributed by atoms with Crippen molar-refractivity contribution in [2.45, 2.75) is 57.4 Å². The zero-order valence-electron chi connectivity index (χ0n) is 11.3. The highest BCUT2D eigenvalue weighted by Gasteiger charge is 2.38. The highest BCUT2D eigenvalue weighted by molar-refractivity contribution is 7.89. The largest absolute Gasteiger partial charge is 0.481 e. The van der Waals surface area contributed by atoms with Crippen LogP contribution in [0.5, 0.6) is 0 Å². The first-order valence-electron chi connectivity index (χ1n) is 7.22. The van der Waals surface area contributed by atoms with E-state index in [1.165, 1.54) is 6.42 Å². The molecule has 1 aliphatic heterocycles. The summed E-state index contributed by atoms with van der Waals surface area (Å²) >= 11 is 0. The first kappa shape index (κ1) is 14.8. The summed E-state index contributed by atoms with van der Waals surface area (Å²) in [7, 11) is -3.28. The molecule has 1 saturated carbocycles. The number of carboxylic acids is 1. The van der Waals surface area contributed by atoms with Crippen molar-refractivity contribution >= 4 is 16.0 Å². The van der Waals surface area contributed by atoms with Gasteiger partial charge in [-0.1, -0.05) is 12.8 Å². The highest BCUT2D eigenvalue weighted by Crippen LogP contribution is 2.36. The van der Waals surface area contributed by atoms with Crippen molar-refractivity contribution in [3.8, 4) is 0 Å². The Balaban J connectivity index is 1.99. The van der Waals surface area contributed by atoms with Crippen LogP contribution in [-0.2, 0) is 14.8 Å². The van der Waals surface area contributed by atoms with Crippen molar-refractivity contribution in [1.29, 1.82) is 0 Å². The highest BCUT2D eigenvalue weighted by atomic mass is 32.2. The monoisotopic (exact) mass is 289 g/mol. The van der Waals surface area contributed by atoms with Gasteiger partial charge < -0.3 is 5.11 Å². The first-order chi connectivity index (χ1) is 9.00. The molecule has 0 bridgehead atoms. The third-order valence-electron chi connectivity index (χ3n) is 4.34. The van der Waals surface area contributed by atoms with Crippen molar-refractivity contribution in [3.05, 3.63) is 0 Å². The number of fused-ring (bicyclic) bond motifs is 1. The molecule has 0 aromatic heterocycles. The van der Waals surface area contributed by atoms with E-state index in [0.717, 1.165) is 32.1 Å². The van der Waals surface area contributed by atoms with Crippen molar-refractivity contribution in [1.82, 2.24) is 4.31 Å². The van der Waals surface area contributed by atoms with Crippen molar-refractivity contribution in [2.24, 2.45) is 5.92 Å². The molecule has 0 aromatic carbocycles. The number of nitrogens with zero attached hydrogens (tertiary/aromatic N) is 1. The van der Waals surface area contributed by atoms with Gasteiger partial charge in [-0.2, -0.15) is 4.31 Å². The third-order valence-corrected chi connectivity index (χ3v) is 6.32. The van der Waals surface area contributed by atoms with Crippen LogP contribution in [0.1, 0.15) is 51.4 Å². The summed E-state index contributed by atoms with van der Waals surface area (Å²) in [6.07, 6.45) is 6.68. The van der Waals surface area contributed by atoms with E-state index in [1.807, 2.05) is 0 Å². The minimum absolute atomic E-state index is 0.0253. The fourth-order valence-corrected chi connectivity index (χ4v) is 5.29. The molecular weight excluding hydrogens is 266 g/mol. The molecule has 6 heteroatoms. The van der Waals surface area contributed by atoms with Crippen molar-refractivity contribution in [3.63, 3.8) is 0 Å². The Morgan fingerprint density at radius 3 is 2.58 bits per heavy atom. The molecule has 1 N–H and O–H groups in total. The molecule has 1 heterocycles. The second-order valence-electron chi connectivity index (χ2n) is 5.68. The summed E-state index contributed by atoms with van der Waals surface area (Å²) in [6.45, 7) is 0.622. The van der Waals surface area contributed by atoms with Gasteiger partial charge in [-0.3, -0.25) is 4.79 Å². The number of aliphatic carboxylic acids is 1. The van der Waals surface area contributed by atoms with E-state index in [9.17, 15) is 13.2 Å². The molecule has 110 valence electrons. The molecule has 0 spiro atoms. The second-order valence-corrected chi connectivity index (χ2v) is 7.72. The number of hydrogen-bond donors (Lipinski definition) is 1. The Hall–Kier alpha value is -0.620. The van der Waals surface area contributed by atoms with Gasteiger partial charge in [-0.25, -0.2) is 8.42 Å². The lowest BCUT2D eigenvalue weighted by atomic mass is 9.79. The van der Waals surface area contributed by atoms with E-state index >= 15 is 0 Å². The molecule has 2 fully saturated rings. The fourth-order valence-electron chi connectivity index (χ4n) is 3.45. The maximum Gasteiger partial charge on any atom is 0.303 e. The van der Waals surface area contributed by atoms with E-state index in [2.05, 4.69) is 0 Å². The smallest absolute Gasteiger partial charge is 0.303 e. The lowest BCUT2D eigenvalue weighted by molar-refractivity contribution is -0.137. The molecule has 1 saturated heterocycles. The third kappa shape index (κ3) is 3.69. The normalized spacial score (nSPS) is 28.8. The van der Waals surface area contributed by atoms with Gasteiger partial charge in [0.05, 0.1) is 5.75 Å². The van der Waals surface area contributed by atoms with Crippen LogP contribution < -0.4 is 0 Å². The molecule has 2 aliphatic rings. The number of sulfonamides is 1. The first-order valence-corrected chi connectivity index (χ1v) is 8.83. The number of rotatable bonds is 5. The van der Waals surface area contributed by atoms with Gasteiger partial charge in [0, 0.05) is 19.0 Å². The van der Waals surface area contributed by atoms with Crippen molar-refractivity contribution in [2.75, 3.05) is 12.3 Å². The van der Waals surface area contributed by atoms with Gasteiger partial charge in [0.15, 0.2) is 0 Å². The van der Waals surface area contributed by atoms with Crippen molar-refractivity contribution < 1.29 is 18.3 Å². The molecule has 5 nitrogen and oxygen atoms in total. The predicted octanol–water partition coefficient (Wildman–Crippen LogP) is 1.84. The Morgan fingerprint density at radius 1 is 1.16 bits per heavy atom. The van der Waals surface area contributed by atoms with Crippen LogP contribution in [0, 0.1) is 5.92 Å². The second kappa shape index (κ2) is 6.22. The van der Waals surface area contributed by atoms with Crippen LogP contribution in [0.3, 0.4) is 0 Å². The molecule has 2 unspecified atom stereocenters. The maximum atomic E-state index is 12.4. The van der Waals surface area contributed by atoms with E-state index in [4.69, 9.17) is 5.11 Å². The summed E-state index contributed by atoms with van der Waals surface area (Å²) in [4.78, 5) is 10.5. The summed E-state index contributed by atoms with van der Waals surface area (Å²) < 4.78 is 26.4. The summed E-state index contributed by atoms with van der Waals surface area (Å²) in [5.74, 6) is -0.427. The Bertz CT molecular complexity index is 418. The molecule has 2 atom stereocenters. The molecule has 19 heavy (non-hydrogen) atoms. The fraction of sp³-hybridized carbons (Fsp3) is 0.923. The molecule has 0 radical (unpaired) electrons. The van der Waals surface area contributed by atoms with E-state index in [0.29, 0.717) is 12.5 Å². The number of carbonyl (C=O) groups is 1. The topological polar surface area (TPSA) is 74.7 Å². The SMILES string of the molecule is O=C(O)CCCS(=O)(=O)N1CCCC2CCCCC21. The number of carboxylic acid groups (broad SMARTS) is 1. The quantitative estimate of drug-likeness (QED) is 0.838. The molecule has 0 aromatic rings. The van der Waals surface area contributed by atoms with Gasteiger partial charge in [0.2, 0.25) is 10.0 Å². The van der Waals surface area contributed by atoms with Crippen LogP contribution >= 0.6 is 0 Å². The average molecular weight is 289 g/mol. The minimum atomic E-state index is -3.28. The Morgan fingerprint density at radius 2 is 1.84 bits per heavy atom. The van der Waals surface area contributed by atoms with E-state index < -0.39 is 16.0 Å². The number of piperidine rings is 1. The summed E-state index contributed by atoms with van der Waals surface area (Å²) in [5.41, 5.74) is 0. The van der Waals surface area contributed by atoms with Crippen LogP contribution in [0.2, 0.25) is 0 Å². The standard InChI is InChI=1S/C13H23NO4S/c15-13(16)8-4-10-19(17,18)14-9-3-6-11-5-1-2-7-12(11)14/h11-12H,1-10H2,(H,15,16). The van der Waals surface area contributed by atoms with E-state index in [-0.39, 0.29) is 24.6 Å². The Kier molecular flexibility index (Phi) is 4.84. The maximum absolute atomic E-state index is 12.4.